The van der Waals surface area contributed by atoms with Crippen LogP contribution >= 0.6 is 0 Å². The van der Waals surface area contributed by atoms with Crippen molar-refractivity contribution in [2.24, 2.45) is 5.92 Å². The fraction of sp³-hybridized carbons (Fsp3) is 0.400. The number of Topliss-reactive ketones (excluding diaryl/α,β-unsaturated/α-hetero) is 2. The number of oxazole rings is 1. The van der Waals surface area contributed by atoms with Crippen molar-refractivity contribution in [1.29, 1.82) is 0 Å². The summed E-state index contributed by atoms with van der Waals surface area (Å²) < 4.78 is 45.6. The Labute approximate surface area is 238 Å². The Hall–Kier alpha value is -4.35. The number of hydrogen-bond donors (Lipinski definition) is 1. The third-order valence-corrected chi connectivity index (χ3v) is 7.50. The molecule has 1 aromatic heterocycles. The average Bonchev–Trinajstić information content (AvgIpc) is 3.40. The smallest absolute Gasteiger partial charge is 0.452 e. The molecule has 1 aliphatic carbocycles. The van der Waals surface area contributed by atoms with E-state index >= 15 is 0 Å². The summed E-state index contributed by atoms with van der Waals surface area (Å²) in [5.41, 5.74) is 0.126. The van der Waals surface area contributed by atoms with Gasteiger partial charge in [0.15, 0.2) is 11.5 Å². The van der Waals surface area contributed by atoms with Gasteiger partial charge in [-0.25, -0.2) is 4.98 Å². The molecular weight excluding hydrogens is 557 g/mol. The average molecular weight is 587 g/mol. The first-order valence-corrected chi connectivity index (χ1v) is 13.6. The number of alkyl halides is 3. The van der Waals surface area contributed by atoms with Gasteiger partial charge in [-0.1, -0.05) is 36.4 Å². The zero-order valence-electron chi connectivity index (χ0n) is 22.6. The molecule has 1 aliphatic rings. The van der Waals surface area contributed by atoms with Crippen LogP contribution in [0.2, 0.25) is 0 Å². The number of aliphatic carboxylic acids is 1. The van der Waals surface area contributed by atoms with Crippen LogP contribution in [-0.2, 0) is 22.2 Å². The second-order valence-corrected chi connectivity index (χ2v) is 10.5. The van der Waals surface area contributed by atoms with Gasteiger partial charge in [-0.2, -0.15) is 13.2 Å². The van der Waals surface area contributed by atoms with Crippen molar-refractivity contribution < 1.29 is 42.0 Å². The van der Waals surface area contributed by atoms with Crippen LogP contribution in [0.3, 0.4) is 0 Å². The lowest BCUT2D eigenvalue weighted by Crippen LogP contribution is -2.16. The van der Waals surface area contributed by atoms with E-state index in [1.807, 2.05) is 24.3 Å². The number of aromatic nitrogens is 1. The number of carbonyl (C=O) groups is 3. The molecule has 12 heteroatoms. The maximum Gasteiger partial charge on any atom is 0.452 e. The summed E-state index contributed by atoms with van der Waals surface area (Å²) in [7, 11) is 0. The van der Waals surface area contributed by atoms with E-state index in [0.717, 1.165) is 42.9 Å². The highest BCUT2D eigenvalue weighted by Crippen LogP contribution is 2.39. The van der Waals surface area contributed by atoms with Crippen LogP contribution in [-0.4, -0.2) is 32.5 Å². The number of para-hydroxylation sites is 1. The molecule has 42 heavy (non-hydrogen) atoms. The minimum absolute atomic E-state index is 0.000307. The van der Waals surface area contributed by atoms with E-state index in [-0.39, 0.29) is 49.4 Å². The third-order valence-electron chi connectivity index (χ3n) is 7.50. The maximum atomic E-state index is 13.6. The molecule has 1 heterocycles. The molecule has 4 rings (SSSR count). The monoisotopic (exact) mass is 586 g/mol. The molecule has 2 aromatic carbocycles. The topological polar surface area (TPSA) is 141 Å². The summed E-state index contributed by atoms with van der Waals surface area (Å²) in [6.45, 7) is 0. The summed E-state index contributed by atoms with van der Waals surface area (Å²) >= 11 is 0. The molecule has 0 atom stereocenters. The molecule has 0 bridgehead atoms. The number of halogens is 3. The lowest BCUT2D eigenvalue weighted by atomic mass is 9.77. The van der Waals surface area contributed by atoms with Crippen molar-refractivity contribution in [3.05, 3.63) is 81.2 Å². The largest absolute Gasteiger partial charge is 0.481 e. The van der Waals surface area contributed by atoms with Gasteiger partial charge in [0.25, 0.3) is 5.69 Å². The highest BCUT2D eigenvalue weighted by molar-refractivity contribution is 5.96. The number of carboxylic acid groups (broad SMARTS) is 1. The van der Waals surface area contributed by atoms with E-state index in [9.17, 15) is 37.7 Å². The lowest BCUT2D eigenvalue weighted by Gasteiger charge is -2.28. The molecule has 0 amide bonds. The van der Waals surface area contributed by atoms with Crippen molar-refractivity contribution in [2.45, 2.75) is 69.9 Å². The SMILES string of the molecule is O=C(O)CC1CCC(c2ccc(CC(=O)CCCC(=O)c3nc(-c4ccccc4[N+](=O)[O-])oc3C(F)(F)F)cc2)CC1. The molecular formula is C30H29F3N2O7. The van der Waals surface area contributed by atoms with E-state index in [2.05, 4.69) is 4.98 Å². The van der Waals surface area contributed by atoms with E-state index in [1.165, 1.54) is 18.2 Å². The van der Waals surface area contributed by atoms with Crippen LogP contribution in [0.5, 0.6) is 0 Å². The lowest BCUT2D eigenvalue weighted by molar-refractivity contribution is -0.384. The Morgan fingerprint density at radius 2 is 1.67 bits per heavy atom. The highest BCUT2D eigenvalue weighted by atomic mass is 19.4. The minimum atomic E-state index is -5.06. The molecule has 3 aromatic rings. The molecule has 0 aliphatic heterocycles. The minimum Gasteiger partial charge on any atom is -0.481 e. The van der Waals surface area contributed by atoms with Crippen molar-refractivity contribution in [3.8, 4) is 11.5 Å². The summed E-state index contributed by atoms with van der Waals surface area (Å²) in [4.78, 5) is 50.3. The second kappa shape index (κ2) is 13.1. The number of nitro groups is 1. The van der Waals surface area contributed by atoms with Gasteiger partial charge in [0.2, 0.25) is 11.7 Å². The molecule has 0 saturated heterocycles. The van der Waals surface area contributed by atoms with Gasteiger partial charge >= 0.3 is 12.1 Å². The standard InChI is InChI=1S/C30H29F3N2O7/c31-30(32,33)28-27(34-29(42-28)23-5-1-2-6-24(23)35(40)41)25(37)7-3-4-22(36)16-18-8-12-20(13-9-18)21-14-10-19(11-15-21)17-26(38)39/h1-2,5-6,8-9,12-13,19,21H,3-4,7,10-11,14-17H2,(H,38,39). The van der Waals surface area contributed by atoms with Crippen molar-refractivity contribution in [2.75, 3.05) is 0 Å². The van der Waals surface area contributed by atoms with E-state index in [0.29, 0.717) is 5.92 Å². The number of rotatable bonds is 12. The third kappa shape index (κ3) is 7.68. The van der Waals surface area contributed by atoms with Gasteiger partial charge in [0.05, 0.1) is 4.92 Å². The zero-order valence-corrected chi connectivity index (χ0v) is 22.6. The molecule has 1 fully saturated rings. The molecule has 1 N–H and O–H groups in total. The van der Waals surface area contributed by atoms with Crippen molar-refractivity contribution in [3.63, 3.8) is 0 Å². The number of carboxylic acids is 1. The Kier molecular flexibility index (Phi) is 9.54. The Morgan fingerprint density at radius 1 is 1.00 bits per heavy atom. The van der Waals surface area contributed by atoms with Crippen LogP contribution in [0.25, 0.3) is 11.5 Å². The van der Waals surface area contributed by atoms with Crippen LogP contribution in [0, 0.1) is 16.0 Å². The molecule has 0 spiro atoms. The van der Waals surface area contributed by atoms with Crippen LogP contribution in [0.1, 0.15) is 84.7 Å². The fourth-order valence-corrected chi connectivity index (χ4v) is 5.37. The molecule has 0 radical (unpaired) electrons. The first kappa shape index (κ1) is 30.6. The summed E-state index contributed by atoms with van der Waals surface area (Å²) in [5, 5.41) is 20.3. The maximum absolute atomic E-state index is 13.6. The van der Waals surface area contributed by atoms with Crippen LogP contribution in [0.4, 0.5) is 18.9 Å². The summed E-state index contributed by atoms with van der Waals surface area (Å²) in [6.07, 6.45) is -1.62. The van der Waals surface area contributed by atoms with E-state index < -0.39 is 45.9 Å². The number of nitrogens with zero attached hydrogens (tertiary/aromatic N) is 2. The predicted molar refractivity (Wildman–Crippen MR) is 144 cm³/mol. The van der Waals surface area contributed by atoms with E-state index in [4.69, 9.17) is 9.52 Å². The van der Waals surface area contributed by atoms with Gasteiger partial charge < -0.3 is 9.52 Å². The number of carbonyl (C=O) groups excluding carboxylic acids is 2. The normalized spacial score (nSPS) is 17.1. The molecule has 222 valence electrons. The van der Waals surface area contributed by atoms with Gasteiger partial charge in [-0.15, -0.1) is 0 Å². The van der Waals surface area contributed by atoms with Crippen molar-refractivity contribution in [1.82, 2.24) is 4.98 Å². The predicted octanol–water partition coefficient (Wildman–Crippen LogP) is 7.18. The number of ketones is 2. The quantitative estimate of drug-likeness (QED) is 0.134. The van der Waals surface area contributed by atoms with Gasteiger partial charge in [0.1, 0.15) is 11.3 Å². The molecule has 1 saturated carbocycles. The van der Waals surface area contributed by atoms with E-state index in [1.54, 1.807) is 0 Å². The Morgan fingerprint density at radius 3 is 2.29 bits per heavy atom. The fourth-order valence-electron chi connectivity index (χ4n) is 5.37. The molecule has 0 unspecified atom stereocenters. The summed E-state index contributed by atoms with van der Waals surface area (Å²) in [6, 6.07) is 12.6. The first-order valence-electron chi connectivity index (χ1n) is 13.6. The Balaban J connectivity index is 1.32. The second-order valence-electron chi connectivity index (χ2n) is 10.5. The molecule has 9 nitrogen and oxygen atoms in total. The Bertz CT molecular complexity index is 1460. The first-order chi connectivity index (χ1) is 19.9. The van der Waals surface area contributed by atoms with Crippen LogP contribution < -0.4 is 0 Å². The van der Waals surface area contributed by atoms with Gasteiger partial charge in [-0.3, -0.25) is 24.5 Å². The van der Waals surface area contributed by atoms with Gasteiger partial charge in [0, 0.05) is 31.7 Å². The highest BCUT2D eigenvalue weighted by Gasteiger charge is 2.42. The number of benzene rings is 2. The van der Waals surface area contributed by atoms with Crippen LogP contribution in [0.15, 0.2) is 52.9 Å². The number of nitro benzene ring substituents is 1. The summed E-state index contributed by atoms with van der Waals surface area (Å²) in [5.74, 6) is -3.70. The zero-order chi connectivity index (χ0) is 30.4. The van der Waals surface area contributed by atoms with Crippen molar-refractivity contribution >= 4 is 23.2 Å². The van der Waals surface area contributed by atoms with Gasteiger partial charge in [-0.05, 0) is 61.1 Å². The number of hydrogen-bond acceptors (Lipinski definition) is 7.